The minimum atomic E-state index is -0.600. The Morgan fingerprint density at radius 3 is 2.81 bits per heavy atom. The third-order valence-electron chi connectivity index (χ3n) is 3.40. The second-order valence-electron chi connectivity index (χ2n) is 5.06. The molecule has 0 saturated carbocycles. The van der Waals surface area contributed by atoms with Crippen LogP contribution in [0.25, 0.3) is 10.1 Å². The molecular weight excluding hydrogens is 446 g/mol. The third-order valence-corrected chi connectivity index (χ3v) is 5.68. The van der Waals surface area contributed by atoms with Crippen LogP contribution in [0.2, 0.25) is 5.02 Å². The Kier molecular flexibility index (Phi) is 5.21. The average Bonchev–Trinajstić information content (AvgIpc) is 2.95. The molecule has 0 unspecified atom stereocenters. The number of hydrogen-bond donors (Lipinski definition) is 2. The summed E-state index contributed by atoms with van der Waals surface area (Å²) in [4.78, 5) is 22.9. The van der Waals surface area contributed by atoms with Gasteiger partial charge in [-0.2, -0.15) is 5.10 Å². The van der Waals surface area contributed by atoms with Gasteiger partial charge in [0.15, 0.2) is 0 Å². The number of hydrogen-bond acceptors (Lipinski definition) is 6. The minimum absolute atomic E-state index is 0.0776. The van der Waals surface area contributed by atoms with Crippen LogP contribution in [-0.4, -0.2) is 22.2 Å². The number of non-ortho nitro benzene ring substituents is 1. The Bertz CT molecular complexity index is 1070. The summed E-state index contributed by atoms with van der Waals surface area (Å²) in [6.45, 7) is 0. The number of amides is 1. The Morgan fingerprint density at radius 2 is 2.12 bits per heavy atom. The molecule has 7 nitrogen and oxygen atoms in total. The number of nitro groups is 1. The van der Waals surface area contributed by atoms with E-state index in [1.807, 2.05) is 24.3 Å². The Hall–Kier alpha value is -2.49. The number of benzene rings is 2. The molecule has 1 heterocycles. The van der Waals surface area contributed by atoms with Gasteiger partial charge in [0.25, 0.3) is 11.6 Å². The zero-order chi connectivity index (χ0) is 18.8. The number of hydrazone groups is 1. The molecule has 26 heavy (non-hydrogen) atoms. The second-order valence-corrected chi connectivity index (χ2v) is 7.35. The lowest BCUT2D eigenvalue weighted by Gasteiger charge is -2.02. The van der Waals surface area contributed by atoms with Crippen LogP contribution in [0.3, 0.4) is 0 Å². The quantitative estimate of drug-likeness (QED) is 0.339. The van der Waals surface area contributed by atoms with Crippen molar-refractivity contribution < 1.29 is 14.8 Å². The van der Waals surface area contributed by atoms with E-state index < -0.39 is 10.8 Å². The molecule has 1 aromatic heterocycles. The number of nitrogens with one attached hydrogen (secondary N) is 1. The van der Waals surface area contributed by atoms with Gasteiger partial charge < -0.3 is 5.11 Å². The smallest absolute Gasteiger partial charge is 0.283 e. The van der Waals surface area contributed by atoms with Gasteiger partial charge in [-0.1, -0.05) is 29.8 Å². The van der Waals surface area contributed by atoms with Crippen molar-refractivity contribution in [3.63, 3.8) is 0 Å². The number of rotatable bonds is 4. The fourth-order valence-corrected chi connectivity index (χ4v) is 4.05. The maximum Gasteiger partial charge on any atom is 0.283 e. The molecule has 0 fully saturated rings. The van der Waals surface area contributed by atoms with Crippen LogP contribution in [0.4, 0.5) is 5.69 Å². The highest BCUT2D eigenvalue weighted by Crippen LogP contribution is 2.35. The van der Waals surface area contributed by atoms with Crippen LogP contribution >= 0.6 is 38.9 Å². The summed E-state index contributed by atoms with van der Waals surface area (Å²) >= 11 is 10.5. The maximum absolute atomic E-state index is 12.3. The molecule has 2 aromatic carbocycles. The van der Waals surface area contributed by atoms with Crippen LogP contribution in [0, 0.1) is 10.1 Å². The molecule has 1 amide bonds. The number of carbonyl (C=O) groups is 1. The van der Waals surface area contributed by atoms with Crippen molar-refractivity contribution in [1.82, 2.24) is 5.43 Å². The summed E-state index contributed by atoms with van der Waals surface area (Å²) in [7, 11) is 0. The van der Waals surface area contributed by atoms with E-state index in [0.717, 1.165) is 22.4 Å². The predicted octanol–water partition coefficient (Wildman–Crippen LogP) is 4.69. The summed E-state index contributed by atoms with van der Waals surface area (Å²) in [5.41, 5.74) is 2.16. The van der Waals surface area contributed by atoms with Crippen molar-refractivity contribution in [1.29, 1.82) is 0 Å². The summed E-state index contributed by atoms with van der Waals surface area (Å²) in [6, 6.07) is 9.64. The van der Waals surface area contributed by atoms with E-state index in [1.165, 1.54) is 17.4 Å². The lowest BCUT2D eigenvalue weighted by Crippen LogP contribution is -2.16. The highest BCUT2D eigenvalue weighted by Gasteiger charge is 2.17. The summed E-state index contributed by atoms with van der Waals surface area (Å²) < 4.78 is 1.01. The van der Waals surface area contributed by atoms with E-state index in [-0.39, 0.29) is 21.5 Å². The number of thiophene rings is 1. The zero-order valence-electron chi connectivity index (χ0n) is 12.8. The van der Waals surface area contributed by atoms with E-state index in [4.69, 9.17) is 11.6 Å². The molecule has 10 heteroatoms. The molecule has 0 aliphatic rings. The van der Waals surface area contributed by atoms with Crippen molar-refractivity contribution >= 4 is 66.8 Å². The van der Waals surface area contributed by atoms with Crippen molar-refractivity contribution in [3.8, 4) is 5.75 Å². The lowest BCUT2D eigenvalue weighted by atomic mass is 10.2. The largest absolute Gasteiger partial charge is 0.506 e. The van der Waals surface area contributed by atoms with Gasteiger partial charge in [0, 0.05) is 27.8 Å². The molecule has 2 N–H and O–H groups in total. The molecule has 0 aliphatic carbocycles. The lowest BCUT2D eigenvalue weighted by molar-refractivity contribution is -0.385. The Balaban J connectivity index is 1.83. The molecule has 132 valence electrons. The van der Waals surface area contributed by atoms with Crippen molar-refractivity contribution in [2.24, 2.45) is 5.10 Å². The fourth-order valence-electron chi connectivity index (χ4n) is 2.18. The molecular formula is C16H9BrClN3O4S. The van der Waals surface area contributed by atoms with Gasteiger partial charge in [0.05, 0.1) is 20.6 Å². The second kappa shape index (κ2) is 7.40. The molecule has 0 spiro atoms. The number of halogens is 2. The number of carbonyl (C=O) groups excluding carboxylic acids is 1. The molecule has 0 radical (unpaired) electrons. The van der Waals surface area contributed by atoms with Crippen LogP contribution in [0.5, 0.6) is 5.75 Å². The topological polar surface area (TPSA) is 105 Å². The van der Waals surface area contributed by atoms with Crippen LogP contribution in [0.15, 0.2) is 46.0 Å². The van der Waals surface area contributed by atoms with Gasteiger partial charge in [0.1, 0.15) is 10.6 Å². The molecule has 0 atom stereocenters. The highest BCUT2D eigenvalue weighted by atomic mass is 79.9. The first-order valence-corrected chi connectivity index (χ1v) is 9.04. The first-order valence-electron chi connectivity index (χ1n) is 7.06. The first-order chi connectivity index (χ1) is 12.4. The summed E-state index contributed by atoms with van der Waals surface area (Å²) in [5, 5.41) is 25.7. The molecule has 3 rings (SSSR count). The number of phenols is 1. The number of aromatic hydroxyl groups is 1. The number of fused-ring (bicyclic) bond motifs is 1. The predicted molar refractivity (Wildman–Crippen MR) is 104 cm³/mol. The van der Waals surface area contributed by atoms with E-state index in [0.29, 0.717) is 9.90 Å². The fraction of sp³-hybridized carbons (Fsp3) is 0. The average molecular weight is 455 g/mol. The Labute approximate surface area is 164 Å². The first kappa shape index (κ1) is 18.3. The van der Waals surface area contributed by atoms with E-state index >= 15 is 0 Å². The number of nitrogens with zero attached hydrogens (tertiary/aromatic N) is 2. The van der Waals surface area contributed by atoms with Crippen molar-refractivity contribution in [3.05, 3.63) is 66.4 Å². The monoisotopic (exact) mass is 453 g/mol. The van der Waals surface area contributed by atoms with Crippen LogP contribution in [0.1, 0.15) is 15.2 Å². The van der Waals surface area contributed by atoms with Crippen molar-refractivity contribution in [2.45, 2.75) is 0 Å². The maximum atomic E-state index is 12.3. The zero-order valence-corrected chi connectivity index (χ0v) is 15.9. The van der Waals surface area contributed by atoms with E-state index in [9.17, 15) is 20.0 Å². The van der Waals surface area contributed by atoms with Gasteiger partial charge in [0.2, 0.25) is 0 Å². The highest BCUT2D eigenvalue weighted by molar-refractivity contribution is 9.10. The number of phenolic OH excluding ortho intramolecular Hbond substituents is 1. The van der Waals surface area contributed by atoms with Gasteiger partial charge >= 0.3 is 0 Å². The van der Waals surface area contributed by atoms with Gasteiger partial charge in [-0.25, -0.2) is 5.43 Å². The SMILES string of the molecule is O=C(NN=Cc1cc([N+](=O)[O-])cc(Br)c1O)c1sc2ccccc2c1Cl. The molecule has 0 bridgehead atoms. The third kappa shape index (κ3) is 3.55. The number of nitro benzene ring substituents is 1. The normalized spacial score (nSPS) is 11.2. The van der Waals surface area contributed by atoms with E-state index in [1.54, 1.807) is 0 Å². The standard InChI is InChI=1S/C16H9BrClN3O4S/c17-11-6-9(21(24)25)5-8(14(11)22)7-19-20-16(23)15-13(18)10-3-1-2-4-12(10)26-15/h1-7,22H,(H,20,23). The molecule has 0 saturated heterocycles. The Morgan fingerprint density at radius 1 is 1.38 bits per heavy atom. The van der Waals surface area contributed by atoms with Gasteiger partial charge in [-0.05, 0) is 22.0 Å². The minimum Gasteiger partial charge on any atom is -0.506 e. The van der Waals surface area contributed by atoms with Crippen LogP contribution < -0.4 is 5.43 Å². The van der Waals surface area contributed by atoms with E-state index in [2.05, 4.69) is 26.5 Å². The van der Waals surface area contributed by atoms with Crippen LogP contribution in [-0.2, 0) is 0 Å². The van der Waals surface area contributed by atoms with Crippen molar-refractivity contribution in [2.75, 3.05) is 0 Å². The van der Waals surface area contributed by atoms with Gasteiger partial charge in [-0.15, -0.1) is 11.3 Å². The molecule has 3 aromatic rings. The van der Waals surface area contributed by atoms with Gasteiger partial charge in [-0.3, -0.25) is 14.9 Å². The summed E-state index contributed by atoms with van der Waals surface area (Å²) in [6.07, 6.45) is 1.12. The summed E-state index contributed by atoms with van der Waals surface area (Å²) in [5.74, 6) is -0.745. The molecule has 0 aliphatic heterocycles.